The van der Waals surface area contributed by atoms with Crippen molar-refractivity contribution in [1.29, 1.82) is 0 Å². The second-order valence-electron chi connectivity index (χ2n) is 6.95. The van der Waals surface area contributed by atoms with Gasteiger partial charge in [0.25, 0.3) is 0 Å². The number of hydrogen-bond acceptors (Lipinski definition) is 5. The maximum Gasteiger partial charge on any atom is 0.174 e. The van der Waals surface area contributed by atoms with E-state index in [0.29, 0.717) is 24.3 Å². The van der Waals surface area contributed by atoms with Gasteiger partial charge >= 0.3 is 0 Å². The van der Waals surface area contributed by atoms with Crippen LogP contribution < -0.4 is 14.8 Å². The number of hydrogen-bond donors (Lipinski definition) is 2. The van der Waals surface area contributed by atoms with E-state index in [9.17, 15) is 9.90 Å². The van der Waals surface area contributed by atoms with Crippen molar-refractivity contribution in [1.82, 2.24) is 5.32 Å². The number of ketones is 1. The molecule has 1 spiro atoms. The minimum atomic E-state index is -0.908. The summed E-state index contributed by atoms with van der Waals surface area (Å²) >= 11 is 0. The Morgan fingerprint density at radius 2 is 2.27 bits per heavy atom. The van der Waals surface area contributed by atoms with E-state index in [1.54, 1.807) is 7.11 Å². The second kappa shape index (κ2) is 3.84. The van der Waals surface area contributed by atoms with Gasteiger partial charge in [-0.2, -0.15) is 0 Å². The van der Waals surface area contributed by atoms with Crippen LogP contribution in [0.3, 0.4) is 0 Å². The number of methoxy groups -OCH3 is 1. The Morgan fingerprint density at radius 3 is 3.09 bits per heavy atom. The fourth-order valence-electron chi connectivity index (χ4n) is 5.37. The largest absolute Gasteiger partial charge is 0.493 e. The quantitative estimate of drug-likeness (QED) is 0.799. The van der Waals surface area contributed by atoms with Crippen molar-refractivity contribution in [3.8, 4) is 11.5 Å². The summed E-state index contributed by atoms with van der Waals surface area (Å²) in [5.74, 6) is 1.45. The van der Waals surface area contributed by atoms with E-state index >= 15 is 0 Å². The third-order valence-corrected chi connectivity index (χ3v) is 6.29. The molecule has 5 heteroatoms. The summed E-state index contributed by atoms with van der Waals surface area (Å²) in [7, 11) is 1.61. The summed E-state index contributed by atoms with van der Waals surface area (Å²) in [6.07, 6.45) is 1.83. The lowest BCUT2D eigenvalue weighted by Gasteiger charge is -2.59. The Kier molecular flexibility index (Phi) is 2.25. The van der Waals surface area contributed by atoms with Gasteiger partial charge in [-0.25, -0.2) is 0 Å². The van der Waals surface area contributed by atoms with Crippen LogP contribution >= 0.6 is 0 Å². The molecule has 4 atom stereocenters. The maximum absolute atomic E-state index is 12.6. The van der Waals surface area contributed by atoms with Gasteiger partial charge in [0.1, 0.15) is 0 Å². The standard InChI is InChI=1S/C17H19NO4/c1-21-11-3-2-9-8-12-17(20)5-4-10(19)15-16(17,6-7-18-12)13(9)14(11)22-15/h2-3,12,15,18,20H,4-8H2,1H3/t12-,15+,16-,17-/m1/s1. The van der Waals surface area contributed by atoms with E-state index in [1.807, 2.05) is 6.07 Å². The summed E-state index contributed by atoms with van der Waals surface area (Å²) < 4.78 is 11.6. The number of carbonyl (C=O) groups excluding carboxylic acids is 1. The lowest BCUT2D eigenvalue weighted by Crippen LogP contribution is -2.76. The highest BCUT2D eigenvalue weighted by molar-refractivity contribution is 5.90. The zero-order valence-corrected chi connectivity index (χ0v) is 12.5. The normalized spacial score (nSPS) is 40.9. The zero-order chi connectivity index (χ0) is 15.1. The van der Waals surface area contributed by atoms with E-state index in [-0.39, 0.29) is 11.8 Å². The van der Waals surface area contributed by atoms with Crippen molar-refractivity contribution in [3.05, 3.63) is 23.3 Å². The maximum atomic E-state index is 12.6. The van der Waals surface area contributed by atoms with Crippen LogP contribution in [-0.4, -0.2) is 42.3 Å². The lowest BCUT2D eigenvalue weighted by atomic mass is 9.49. The van der Waals surface area contributed by atoms with Crippen molar-refractivity contribution >= 4 is 5.78 Å². The first-order valence-corrected chi connectivity index (χ1v) is 7.97. The fraction of sp³-hybridized carbons (Fsp3) is 0.588. The average Bonchev–Trinajstić information content (AvgIpc) is 2.85. The van der Waals surface area contributed by atoms with Crippen LogP contribution in [0, 0.1) is 0 Å². The Hall–Kier alpha value is -1.59. The molecule has 0 amide bonds. The molecule has 1 saturated heterocycles. The third-order valence-electron chi connectivity index (χ3n) is 6.29. The van der Waals surface area contributed by atoms with E-state index in [2.05, 4.69) is 11.4 Å². The molecule has 2 aliphatic heterocycles. The number of rotatable bonds is 1. The molecule has 1 aromatic rings. The second-order valence-corrected chi connectivity index (χ2v) is 6.95. The van der Waals surface area contributed by atoms with Crippen LogP contribution in [0.4, 0.5) is 0 Å². The predicted molar refractivity (Wildman–Crippen MR) is 78.4 cm³/mol. The Balaban J connectivity index is 1.87. The number of aliphatic hydroxyl groups is 1. The first kappa shape index (κ1) is 12.9. The van der Waals surface area contributed by atoms with Gasteiger partial charge in [0.2, 0.25) is 0 Å². The fourth-order valence-corrected chi connectivity index (χ4v) is 5.37. The minimum Gasteiger partial charge on any atom is -0.493 e. The number of benzene rings is 1. The first-order chi connectivity index (χ1) is 10.6. The van der Waals surface area contributed by atoms with E-state index in [1.165, 1.54) is 5.56 Å². The molecular weight excluding hydrogens is 282 g/mol. The third kappa shape index (κ3) is 1.16. The van der Waals surface area contributed by atoms with Crippen molar-refractivity contribution in [3.63, 3.8) is 0 Å². The molecule has 2 heterocycles. The van der Waals surface area contributed by atoms with Crippen LogP contribution in [0.1, 0.15) is 30.4 Å². The van der Waals surface area contributed by atoms with Gasteiger partial charge in [-0.3, -0.25) is 4.79 Å². The molecule has 116 valence electrons. The van der Waals surface area contributed by atoms with Gasteiger partial charge in [-0.15, -0.1) is 0 Å². The van der Waals surface area contributed by atoms with E-state index < -0.39 is 17.1 Å². The van der Waals surface area contributed by atoms with Crippen LogP contribution in [0.2, 0.25) is 0 Å². The van der Waals surface area contributed by atoms with Crippen LogP contribution in [-0.2, 0) is 16.6 Å². The Labute approximate surface area is 128 Å². The molecule has 5 rings (SSSR count). The predicted octanol–water partition coefficient (Wildman–Crippen LogP) is 0.706. The van der Waals surface area contributed by atoms with Gasteiger partial charge in [-0.1, -0.05) is 6.07 Å². The van der Waals surface area contributed by atoms with Crippen LogP contribution in [0.5, 0.6) is 11.5 Å². The molecule has 2 bridgehead atoms. The summed E-state index contributed by atoms with van der Waals surface area (Å²) in [4.78, 5) is 12.6. The van der Waals surface area contributed by atoms with Gasteiger partial charge in [0.15, 0.2) is 23.4 Å². The summed E-state index contributed by atoms with van der Waals surface area (Å²) in [5, 5.41) is 15.0. The summed E-state index contributed by atoms with van der Waals surface area (Å²) in [5.41, 5.74) is 0.699. The van der Waals surface area contributed by atoms with Crippen molar-refractivity contribution in [2.24, 2.45) is 0 Å². The van der Waals surface area contributed by atoms with Gasteiger partial charge < -0.3 is 19.9 Å². The van der Waals surface area contributed by atoms with E-state index in [4.69, 9.17) is 9.47 Å². The SMILES string of the molecule is COc1ccc2c3c1O[C@H]1C(=O)CC[C@@]4(O)[C@@H](C2)NCC[C@@]314. The van der Waals surface area contributed by atoms with Gasteiger partial charge in [0, 0.05) is 18.0 Å². The van der Waals surface area contributed by atoms with Crippen LogP contribution in [0.25, 0.3) is 0 Å². The molecule has 2 aliphatic carbocycles. The Bertz CT molecular complexity index is 702. The number of ether oxygens (including phenoxy) is 2. The summed E-state index contributed by atoms with van der Waals surface area (Å²) in [6.45, 7) is 0.802. The molecule has 1 aromatic carbocycles. The molecule has 0 aromatic heterocycles. The van der Waals surface area contributed by atoms with Gasteiger partial charge in [0.05, 0.1) is 18.1 Å². The van der Waals surface area contributed by atoms with Crippen molar-refractivity contribution in [2.45, 2.75) is 48.8 Å². The van der Waals surface area contributed by atoms with E-state index in [0.717, 1.165) is 24.9 Å². The smallest absolute Gasteiger partial charge is 0.174 e. The number of piperidine rings is 1. The zero-order valence-electron chi connectivity index (χ0n) is 12.5. The first-order valence-electron chi connectivity index (χ1n) is 7.97. The molecule has 22 heavy (non-hydrogen) atoms. The van der Waals surface area contributed by atoms with Gasteiger partial charge in [-0.05, 0) is 37.4 Å². The monoisotopic (exact) mass is 301 g/mol. The molecule has 1 saturated carbocycles. The lowest BCUT2D eigenvalue weighted by molar-refractivity contribution is -0.166. The molecule has 5 nitrogen and oxygen atoms in total. The van der Waals surface area contributed by atoms with Crippen LogP contribution in [0.15, 0.2) is 12.1 Å². The molecule has 2 fully saturated rings. The average molecular weight is 301 g/mol. The minimum absolute atomic E-state index is 0.00713. The number of carbonyl (C=O) groups is 1. The summed E-state index contributed by atoms with van der Waals surface area (Å²) in [6, 6.07) is 3.96. The number of nitrogens with one attached hydrogen (secondary N) is 1. The highest BCUT2D eigenvalue weighted by Gasteiger charge is 2.71. The highest BCUT2D eigenvalue weighted by atomic mass is 16.5. The van der Waals surface area contributed by atoms with Crippen molar-refractivity contribution in [2.75, 3.05) is 13.7 Å². The molecular formula is C17H19NO4. The molecule has 4 aliphatic rings. The molecule has 0 radical (unpaired) electrons. The van der Waals surface area contributed by atoms with Crippen molar-refractivity contribution < 1.29 is 19.4 Å². The topological polar surface area (TPSA) is 67.8 Å². The molecule has 2 N–H and O–H groups in total. The Morgan fingerprint density at radius 1 is 1.41 bits per heavy atom. The molecule has 0 unspecified atom stereocenters. The highest BCUT2D eigenvalue weighted by Crippen LogP contribution is 2.63. The number of Topliss-reactive ketones (excluding diaryl/α,β-unsaturated/α-hetero) is 1.